The molecule has 2 N–H and O–H groups in total. The third-order valence-corrected chi connectivity index (χ3v) is 2.95. The molecule has 0 fully saturated rings. The second-order valence-electron chi connectivity index (χ2n) is 3.82. The Kier molecular flexibility index (Phi) is 3.64. The third-order valence-electron chi connectivity index (χ3n) is 2.42. The number of hydrogen-bond donors (Lipinski definition) is 1. The molecule has 0 spiro atoms. The maximum absolute atomic E-state index is 13.3. The van der Waals surface area contributed by atoms with Crippen LogP contribution in [0.4, 0.5) is 10.1 Å². The number of nitrogen functional groups attached to an aromatic ring is 1. The molecule has 2 aromatic carbocycles. The van der Waals surface area contributed by atoms with Crippen LogP contribution in [0.5, 0.6) is 11.5 Å². The summed E-state index contributed by atoms with van der Waals surface area (Å²) in [6.07, 6.45) is 0. The Balaban J connectivity index is 2.40. The van der Waals surface area contributed by atoms with Gasteiger partial charge in [0.05, 0.1) is 10.7 Å². The van der Waals surface area contributed by atoms with E-state index in [0.717, 1.165) is 11.6 Å². The van der Waals surface area contributed by atoms with E-state index in [-0.39, 0.29) is 16.5 Å². The highest BCUT2D eigenvalue weighted by molar-refractivity contribution is 6.31. The number of hydrogen-bond acceptors (Lipinski definition) is 2. The van der Waals surface area contributed by atoms with Crippen LogP contribution in [0.3, 0.4) is 0 Å². The highest BCUT2D eigenvalue weighted by atomic mass is 35.5. The molecule has 2 aromatic rings. The summed E-state index contributed by atoms with van der Waals surface area (Å²) < 4.78 is 18.9. The highest BCUT2D eigenvalue weighted by Crippen LogP contribution is 2.34. The number of ether oxygens (including phenoxy) is 1. The van der Waals surface area contributed by atoms with Crippen LogP contribution in [0.2, 0.25) is 10.0 Å². The summed E-state index contributed by atoms with van der Waals surface area (Å²) in [6, 6.07) is 7.66. The monoisotopic (exact) mass is 285 g/mol. The first-order chi connectivity index (χ1) is 8.47. The van der Waals surface area contributed by atoms with Gasteiger partial charge in [-0.25, -0.2) is 4.39 Å². The van der Waals surface area contributed by atoms with E-state index in [1.807, 2.05) is 6.92 Å². The Morgan fingerprint density at radius 1 is 1.11 bits per heavy atom. The fourth-order valence-electron chi connectivity index (χ4n) is 1.43. The largest absolute Gasteiger partial charge is 0.455 e. The van der Waals surface area contributed by atoms with Crippen LogP contribution in [0.1, 0.15) is 5.56 Å². The molecular formula is C13H10Cl2FNO. The second-order valence-corrected chi connectivity index (χ2v) is 4.66. The van der Waals surface area contributed by atoms with Crippen molar-refractivity contribution in [2.75, 3.05) is 5.73 Å². The number of anilines is 1. The normalized spacial score (nSPS) is 10.4. The number of rotatable bonds is 2. The molecule has 0 unspecified atom stereocenters. The Hall–Kier alpha value is -1.45. The van der Waals surface area contributed by atoms with E-state index >= 15 is 0 Å². The van der Waals surface area contributed by atoms with Crippen molar-refractivity contribution in [2.24, 2.45) is 0 Å². The van der Waals surface area contributed by atoms with Crippen molar-refractivity contribution in [1.29, 1.82) is 0 Å². The summed E-state index contributed by atoms with van der Waals surface area (Å²) in [5.41, 5.74) is 6.85. The molecule has 0 amide bonds. The molecule has 0 saturated heterocycles. The van der Waals surface area contributed by atoms with Gasteiger partial charge < -0.3 is 10.5 Å². The highest BCUT2D eigenvalue weighted by Gasteiger charge is 2.10. The Morgan fingerprint density at radius 2 is 1.83 bits per heavy atom. The average Bonchev–Trinajstić information content (AvgIpc) is 2.30. The summed E-state index contributed by atoms with van der Waals surface area (Å²) in [6.45, 7) is 1.86. The number of halogens is 3. The van der Waals surface area contributed by atoms with Crippen LogP contribution >= 0.6 is 23.2 Å². The van der Waals surface area contributed by atoms with Gasteiger partial charge in [0.2, 0.25) is 0 Å². The van der Waals surface area contributed by atoms with Gasteiger partial charge in [-0.1, -0.05) is 29.3 Å². The molecular weight excluding hydrogens is 276 g/mol. The Morgan fingerprint density at radius 3 is 2.56 bits per heavy atom. The summed E-state index contributed by atoms with van der Waals surface area (Å²) >= 11 is 11.5. The van der Waals surface area contributed by atoms with Gasteiger partial charge in [0.1, 0.15) is 11.6 Å². The lowest BCUT2D eigenvalue weighted by Gasteiger charge is -2.11. The van der Waals surface area contributed by atoms with Crippen LogP contribution in [0.25, 0.3) is 0 Å². The van der Waals surface area contributed by atoms with Gasteiger partial charge in [0, 0.05) is 11.1 Å². The summed E-state index contributed by atoms with van der Waals surface area (Å²) in [7, 11) is 0. The molecule has 0 radical (unpaired) electrons. The lowest BCUT2D eigenvalue weighted by molar-refractivity contribution is 0.476. The molecule has 0 aliphatic carbocycles. The second kappa shape index (κ2) is 5.04. The molecule has 2 nitrogen and oxygen atoms in total. The van der Waals surface area contributed by atoms with E-state index in [0.29, 0.717) is 10.8 Å². The fraction of sp³-hybridized carbons (Fsp3) is 0.0769. The molecule has 0 saturated carbocycles. The van der Waals surface area contributed by atoms with Crippen molar-refractivity contribution in [3.63, 3.8) is 0 Å². The van der Waals surface area contributed by atoms with E-state index in [4.69, 9.17) is 33.7 Å². The van der Waals surface area contributed by atoms with E-state index in [1.54, 1.807) is 18.2 Å². The van der Waals surface area contributed by atoms with E-state index in [9.17, 15) is 4.39 Å². The van der Waals surface area contributed by atoms with Crippen LogP contribution in [-0.2, 0) is 0 Å². The molecule has 0 bridgehead atoms. The Labute approximate surface area is 114 Å². The predicted octanol–water partition coefficient (Wildman–Crippen LogP) is 4.82. The zero-order chi connectivity index (χ0) is 13.3. The zero-order valence-corrected chi connectivity index (χ0v) is 11.0. The third kappa shape index (κ3) is 2.68. The summed E-state index contributed by atoms with van der Waals surface area (Å²) in [5, 5.41) is 0.492. The van der Waals surface area contributed by atoms with Gasteiger partial charge in [-0.05, 0) is 30.7 Å². The van der Waals surface area contributed by atoms with Crippen molar-refractivity contribution < 1.29 is 9.13 Å². The molecule has 2 rings (SSSR count). The zero-order valence-electron chi connectivity index (χ0n) is 9.51. The molecule has 94 valence electrons. The van der Waals surface area contributed by atoms with Crippen LogP contribution < -0.4 is 10.5 Å². The predicted molar refractivity (Wildman–Crippen MR) is 72.1 cm³/mol. The van der Waals surface area contributed by atoms with Crippen LogP contribution in [0.15, 0.2) is 30.3 Å². The minimum absolute atomic E-state index is 0.0392. The van der Waals surface area contributed by atoms with Gasteiger partial charge in [-0.2, -0.15) is 0 Å². The number of nitrogens with two attached hydrogens (primary N) is 1. The van der Waals surface area contributed by atoms with E-state index in [1.165, 1.54) is 6.07 Å². The number of aryl methyl sites for hydroxylation is 1. The molecule has 0 aliphatic heterocycles. The van der Waals surface area contributed by atoms with Gasteiger partial charge in [0.15, 0.2) is 5.75 Å². The van der Waals surface area contributed by atoms with Gasteiger partial charge in [-0.3, -0.25) is 0 Å². The Bertz CT molecular complexity index is 602. The van der Waals surface area contributed by atoms with Gasteiger partial charge in [0.25, 0.3) is 0 Å². The first-order valence-corrected chi connectivity index (χ1v) is 5.91. The maximum atomic E-state index is 13.3. The molecule has 0 atom stereocenters. The van der Waals surface area contributed by atoms with Crippen LogP contribution in [0, 0.1) is 12.7 Å². The van der Waals surface area contributed by atoms with E-state index in [2.05, 4.69) is 0 Å². The lowest BCUT2D eigenvalue weighted by Crippen LogP contribution is -1.95. The minimum atomic E-state index is -0.583. The molecule has 0 aliphatic rings. The van der Waals surface area contributed by atoms with Crippen molar-refractivity contribution in [2.45, 2.75) is 6.92 Å². The fourth-order valence-corrected chi connectivity index (χ4v) is 1.77. The number of benzene rings is 2. The van der Waals surface area contributed by atoms with Crippen molar-refractivity contribution in [1.82, 2.24) is 0 Å². The van der Waals surface area contributed by atoms with Gasteiger partial charge in [-0.15, -0.1) is 0 Å². The SMILES string of the molecule is Cc1ccc(Cl)cc1Oc1cc(F)c(Cl)cc1N. The first kappa shape index (κ1) is 13.0. The first-order valence-electron chi connectivity index (χ1n) is 5.16. The molecule has 5 heteroatoms. The quantitative estimate of drug-likeness (QED) is 0.803. The van der Waals surface area contributed by atoms with Crippen molar-refractivity contribution in [3.05, 3.63) is 51.8 Å². The maximum Gasteiger partial charge on any atom is 0.153 e. The minimum Gasteiger partial charge on any atom is -0.455 e. The summed E-state index contributed by atoms with van der Waals surface area (Å²) in [5.74, 6) is 0.152. The van der Waals surface area contributed by atoms with Crippen molar-refractivity contribution in [3.8, 4) is 11.5 Å². The average molecular weight is 286 g/mol. The van der Waals surface area contributed by atoms with Gasteiger partial charge >= 0.3 is 0 Å². The lowest BCUT2D eigenvalue weighted by atomic mass is 10.2. The van der Waals surface area contributed by atoms with E-state index < -0.39 is 5.82 Å². The van der Waals surface area contributed by atoms with Crippen LogP contribution in [-0.4, -0.2) is 0 Å². The molecule has 0 heterocycles. The topological polar surface area (TPSA) is 35.2 Å². The molecule has 0 aromatic heterocycles. The van der Waals surface area contributed by atoms with Crippen molar-refractivity contribution >= 4 is 28.9 Å². The molecule has 18 heavy (non-hydrogen) atoms. The smallest absolute Gasteiger partial charge is 0.153 e. The standard InChI is InChI=1S/C13H10Cl2FNO/c1-7-2-3-8(14)4-12(7)18-13-6-10(16)9(15)5-11(13)17/h2-6H,17H2,1H3. The summed E-state index contributed by atoms with van der Waals surface area (Å²) in [4.78, 5) is 0.